The average molecular weight is 1060 g/mol. The summed E-state index contributed by atoms with van der Waals surface area (Å²) in [6.07, 6.45) is 3.85. The molecule has 16 aromatic rings. The highest BCUT2D eigenvalue weighted by atomic mass is 15.0. The van der Waals surface area contributed by atoms with Gasteiger partial charge in [-0.25, -0.2) is 0 Å². The molecule has 0 radical (unpaired) electrons. The van der Waals surface area contributed by atoms with E-state index in [1.54, 1.807) is 0 Å². The lowest BCUT2D eigenvalue weighted by Gasteiger charge is -2.22. The number of para-hydroxylation sites is 2. The van der Waals surface area contributed by atoms with Gasteiger partial charge in [0, 0.05) is 71.5 Å². The Morgan fingerprint density at radius 2 is 0.675 bits per heavy atom. The Balaban J connectivity index is 0.801. The molecule has 11 aromatic carbocycles. The third-order valence-corrected chi connectivity index (χ3v) is 19.1. The Labute approximate surface area is 479 Å². The van der Waals surface area contributed by atoms with E-state index in [4.69, 9.17) is 9.97 Å². The van der Waals surface area contributed by atoms with Crippen LogP contribution in [0.25, 0.3) is 149 Å². The molecule has 5 heteroatoms. The van der Waals surface area contributed by atoms with Gasteiger partial charge in [0.1, 0.15) is 0 Å². The van der Waals surface area contributed by atoms with Gasteiger partial charge in [0.2, 0.25) is 0 Å². The van der Waals surface area contributed by atoms with Crippen molar-refractivity contribution >= 4 is 87.2 Å². The van der Waals surface area contributed by atoms with Crippen LogP contribution in [-0.2, 0) is 10.8 Å². The highest BCUT2D eigenvalue weighted by molar-refractivity contribution is 6.15. The van der Waals surface area contributed by atoms with E-state index >= 15 is 0 Å². The van der Waals surface area contributed by atoms with Crippen molar-refractivity contribution in [2.75, 3.05) is 0 Å². The van der Waals surface area contributed by atoms with Crippen LogP contribution in [-0.4, -0.2) is 23.7 Å². The first kappa shape index (κ1) is 46.4. The van der Waals surface area contributed by atoms with Gasteiger partial charge in [-0.3, -0.25) is 9.97 Å². The predicted octanol–water partition coefficient (Wildman–Crippen LogP) is 20.0. The SMILES string of the molecule is CC1(C)c2ccccc2-c2ccc(-n3c4ccccc4c4cc(-c5ccc6c(c5)c5cc(-c7ccc8c(c7)c7ccccc7n8-c7cnc8c(ccc9cccnc98)c7)ccc5n6-c5ccc6c(c5)C(C)(C)c5ccccc5-6)ccc43)cc21. The highest BCUT2D eigenvalue weighted by Gasteiger charge is 2.37. The maximum Gasteiger partial charge on any atom is 0.0966 e. The zero-order chi connectivity index (χ0) is 55.0. The molecule has 0 fully saturated rings. The van der Waals surface area contributed by atoms with E-state index in [2.05, 4.69) is 272 Å². The number of hydrogen-bond donors (Lipinski definition) is 0. The minimum absolute atomic E-state index is 0.0962. The molecule has 0 aliphatic heterocycles. The van der Waals surface area contributed by atoms with Crippen molar-refractivity contribution in [1.29, 1.82) is 0 Å². The molecule has 0 saturated carbocycles. The molecule has 5 heterocycles. The number of hydrogen-bond acceptors (Lipinski definition) is 2. The predicted molar refractivity (Wildman–Crippen MR) is 346 cm³/mol. The fourth-order valence-corrected chi connectivity index (χ4v) is 15.0. The molecule has 0 atom stereocenters. The monoisotopic (exact) mass is 1060 g/mol. The minimum Gasteiger partial charge on any atom is -0.309 e. The van der Waals surface area contributed by atoms with Gasteiger partial charge in [0.25, 0.3) is 0 Å². The molecule has 5 aromatic heterocycles. The quantitative estimate of drug-likeness (QED) is 0.161. The topological polar surface area (TPSA) is 40.6 Å². The van der Waals surface area contributed by atoms with Crippen LogP contribution < -0.4 is 0 Å². The van der Waals surface area contributed by atoms with Crippen LogP contribution in [0.2, 0.25) is 0 Å². The van der Waals surface area contributed by atoms with Crippen LogP contribution in [0, 0.1) is 0 Å². The number of nitrogens with zero attached hydrogens (tertiary/aromatic N) is 5. The van der Waals surface area contributed by atoms with Crippen molar-refractivity contribution < 1.29 is 0 Å². The summed E-state index contributed by atoms with van der Waals surface area (Å²) in [5, 5.41) is 9.49. The summed E-state index contributed by atoms with van der Waals surface area (Å²) in [4.78, 5) is 9.76. The lowest BCUT2D eigenvalue weighted by molar-refractivity contribution is 0.660. The number of rotatable bonds is 5. The molecular formula is C78H53N5. The van der Waals surface area contributed by atoms with Crippen molar-refractivity contribution in [3.63, 3.8) is 0 Å². The van der Waals surface area contributed by atoms with E-state index in [-0.39, 0.29) is 10.8 Å². The summed E-state index contributed by atoms with van der Waals surface area (Å²) in [7, 11) is 0. The normalized spacial score (nSPS) is 14.0. The van der Waals surface area contributed by atoms with Crippen molar-refractivity contribution in [1.82, 2.24) is 23.7 Å². The standard InChI is InChI=1S/C78H53N5/c1-77(2)65-19-9-5-15-55(65)57-31-29-52(43-67(57)77)81-69-21-11-7-17-59(69)61-39-47(25-33-71(61)81)49-27-35-73-63(41-49)64-42-50(28-36-74(64)82(73)53-30-32-58-56-16-6-10-20-66(56)78(3,4)68(58)44-53)48-26-34-72-62(40-48)60-18-8-12-22-70(60)83(72)54-38-51-24-23-46-14-13-37-79-75(46)76(51)80-45-54/h5-45H,1-4H3. The van der Waals surface area contributed by atoms with E-state index in [1.165, 1.54) is 133 Å². The summed E-state index contributed by atoms with van der Waals surface area (Å²) in [5.74, 6) is 0. The molecule has 5 nitrogen and oxygen atoms in total. The second-order valence-corrected chi connectivity index (χ2v) is 24.2. The summed E-state index contributed by atoms with van der Waals surface area (Å²) in [5.41, 5.74) is 27.6. The van der Waals surface area contributed by atoms with E-state index < -0.39 is 0 Å². The molecule has 83 heavy (non-hydrogen) atoms. The maximum absolute atomic E-state index is 5.05. The first-order valence-electron chi connectivity index (χ1n) is 28.9. The third kappa shape index (κ3) is 6.42. The smallest absolute Gasteiger partial charge is 0.0966 e. The summed E-state index contributed by atoms with van der Waals surface area (Å²) >= 11 is 0. The Morgan fingerprint density at radius 3 is 1.18 bits per heavy atom. The van der Waals surface area contributed by atoms with Gasteiger partial charge in [-0.1, -0.05) is 167 Å². The summed E-state index contributed by atoms with van der Waals surface area (Å²) in [6.45, 7) is 9.48. The van der Waals surface area contributed by atoms with Crippen molar-refractivity contribution in [2.45, 2.75) is 38.5 Å². The van der Waals surface area contributed by atoms with Gasteiger partial charge < -0.3 is 13.7 Å². The molecule has 0 bridgehead atoms. The van der Waals surface area contributed by atoms with E-state index in [1.807, 2.05) is 18.5 Å². The number of fused-ring (bicyclic) bond motifs is 18. The number of pyridine rings is 2. The largest absolute Gasteiger partial charge is 0.309 e. The number of benzene rings is 11. The maximum atomic E-state index is 5.05. The fourth-order valence-electron chi connectivity index (χ4n) is 15.0. The average Bonchev–Trinajstić information content (AvgIpc) is 3.20. The highest BCUT2D eigenvalue weighted by Crippen LogP contribution is 2.52. The van der Waals surface area contributed by atoms with Gasteiger partial charge >= 0.3 is 0 Å². The first-order valence-corrected chi connectivity index (χ1v) is 28.9. The van der Waals surface area contributed by atoms with Gasteiger partial charge in [-0.15, -0.1) is 0 Å². The molecular weight excluding hydrogens is 1010 g/mol. The second-order valence-electron chi connectivity index (χ2n) is 24.2. The summed E-state index contributed by atoms with van der Waals surface area (Å²) < 4.78 is 7.33. The van der Waals surface area contributed by atoms with Crippen molar-refractivity contribution in [2.24, 2.45) is 0 Å². The van der Waals surface area contributed by atoms with Crippen LogP contribution in [0.1, 0.15) is 49.9 Å². The molecule has 2 aliphatic carbocycles. The fraction of sp³-hybridized carbons (Fsp3) is 0.0769. The van der Waals surface area contributed by atoms with Crippen LogP contribution in [0.15, 0.2) is 249 Å². The third-order valence-electron chi connectivity index (χ3n) is 19.1. The molecule has 0 spiro atoms. The van der Waals surface area contributed by atoms with Crippen molar-refractivity contribution in [3.05, 3.63) is 271 Å². The van der Waals surface area contributed by atoms with Gasteiger partial charge in [0.05, 0.1) is 56.0 Å². The van der Waals surface area contributed by atoms with Crippen molar-refractivity contribution in [3.8, 4) is 61.6 Å². The zero-order valence-corrected chi connectivity index (χ0v) is 46.4. The number of aromatic nitrogens is 5. The lowest BCUT2D eigenvalue weighted by Crippen LogP contribution is -2.15. The van der Waals surface area contributed by atoms with E-state index in [0.29, 0.717) is 0 Å². The molecule has 0 N–H and O–H groups in total. The summed E-state index contributed by atoms with van der Waals surface area (Å²) in [6, 6.07) is 88.7. The second kappa shape index (κ2) is 16.6. The van der Waals surface area contributed by atoms with Crippen LogP contribution in [0.4, 0.5) is 0 Å². The Bertz CT molecular complexity index is 5530. The Morgan fingerprint density at radius 1 is 0.277 bits per heavy atom. The van der Waals surface area contributed by atoms with Crippen LogP contribution in [0.5, 0.6) is 0 Å². The molecule has 18 rings (SSSR count). The molecule has 0 saturated heterocycles. The Hall–Kier alpha value is -10.4. The molecule has 0 unspecified atom stereocenters. The lowest BCUT2D eigenvalue weighted by atomic mass is 9.82. The van der Waals surface area contributed by atoms with Gasteiger partial charge in [-0.2, -0.15) is 0 Å². The zero-order valence-electron chi connectivity index (χ0n) is 46.4. The van der Waals surface area contributed by atoms with Gasteiger partial charge in [0.15, 0.2) is 0 Å². The minimum atomic E-state index is -0.134. The Kier molecular flexibility index (Phi) is 9.29. The molecule has 2 aliphatic rings. The van der Waals surface area contributed by atoms with E-state index in [9.17, 15) is 0 Å². The van der Waals surface area contributed by atoms with Gasteiger partial charge in [-0.05, 0) is 164 Å². The molecule has 390 valence electrons. The molecule has 0 amide bonds. The van der Waals surface area contributed by atoms with Crippen LogP contribution >= 0.6 is 0 Å². The first-order chi connectivity index (χ1) is 40.7. The van der Waals surface area contributed by atoms with E-state index in [0.717, 1.165) is 38.5 Å². The van der Waals surface area contributed by atoms with Crippen LogP contribution in [0.3, 0.4) is 0 Å².